The fourth-order valence-electron chi connectivity index (χ4n) is 4.49. The molecular weight excluding hydrogens is 340 g/mol. The predicted octanol–water partition coefficient (Wildman–Crippen LogP) is 5.94. The topological polar surface area (TPSA) is 48.0 Å². The number of hydrogen-bond acceptors (Lipinski definition) is 2. The Kier molecular flexibility index (Phi) is 6.58. The Morgan fingerprint density at radius 3 is 2.65 bits per heavy atom. The van der Waals surface area contributed by atoms with Crippen molar-refractivity contribution in [2.75, 3.05) is 0 Å². The molecule has 0 saturated heterocycles. The zero-order chi connectivity index (χ0) is 18.5. The standard InChI is InChI=1S/C22H32N2OS/c1-3-4-6-11-19-21(18-12-13-26-15-18)20(22(23)25)16(2)24(19)14-17-9-7-5-8-10-17/h12-13,15,17H,3-11,14H2,1-2H3,(H2,23,25). The molecule has 1 amide bonds. The fourth-order valence-corrected chi connectivity index (χ4v) is 5.14. The van der Waals surface area contributed by atoms with Crippen molar-refractivity contribution in [3.63, 3.8) is 0 Å². The average molecular weight is 373 g/mol. The molecule has 142 valence electrons. The Morgan fingerprint density at radius 2 is 2.04 bits per heavy atom. The zero-order valence-corrected chi connectivity index (χ0v) is 17.0. The summed E-state index contributed by atoms with van der Waals surface area (Å²) in [5, 5.41) is 4.24. The van der Waals surface area contributed by atoms with Gasteiger partial charge in [-0.2, -0.15) is 11.3 Å². The van der Waals surface area contributed by atoms with E-state index in [-0.39, 0.29) is 5.91 Å². The van der Waals surface area contributed by atoms with Crippen molar-refractivity contribution in [1.29, 1.82) is 0 Å². The highest BCUT2D eigenvalue weighted by Crippen LogP contribution is 2.36. The first-order valence-electron chi connectivity index (χ1n) is 10.2. The number of hydrogen-bond donors (Lipinski definition) is 1. The van der Waals surface area contributed by atoms with Crippen LogP contribution in [0.15, 0.2) is 16.8 Å². The Balaban J connectivity index is 2.05. The summed E-state index contributed by atoms with van der Waals surface area (Å²) in [7, 11) is 0. The normalized spacial score (nSPS) is 15.5. The monoisotopic (exact) mass is 372 g/mol. The number of thiophene rings is 1. The van der Waals surface area contributed by atoms with E-state index in [1.165, 1.54) is 57.1 Å². The molecule has 1 fully saturated rings. The molecular formula is C22H32N2OS. The quantitative estimate of drug-likeness (QED) is 0.573. The van der Waals surface area contributed by atoms with Crippen LogP contribution in [0.5, 0.6) is 0 Å². The van der Waals surface area contributed by atoms with Crippen LogP contribution < -0.4 is 5.73 Å². The minimum Gasteiger partial charge on any atom is -0.366 e. The lowest BCUT2D eigenvalue weighted by Gasteiger charge is -2.24. The van der Waals surface area contributed by atoms with Gasteiger partial charge in [-0.3, -0.25) is 4.79 Å². The van der Waals surface area contributed by atoms with E-state index in [0.717, 1.165) is 41.3 Å². The molecule has 0 aromatic carbocycles. The number of nitrogens with zero attached hydrogens (tertiary/aromatic N) is 1. The first-order valence-corrected chi connectivity index (χ1v) is 11.1. The largest absolute Gasteiger partial charge is 0.366 e. The number of nitrogens with two attached hydrogens (primary N) is 1. The number of rotatable bonds is 8. The minimum atomic E-state index is -0.289. The van der Waals surface area contributed by atoms with E-state index < -0.39 is 0 Å². The zero-order valence-electron chi connectivity index (χ0n) is 16.2. The second-order valence-electron chi connectivity index (χ2n) is 7.73. The van der Waals surface area contributed by atoms with Gasteiger partial charge in [0.15, 0.2) is 0 Å². The van der Waals surface area contributed by atoms with Gasteiger partial charge < -0.3 is 10.3 Å². The third-order valence-corrected chi connectivity index (χ3v) is 6.55. The smallest absolute Gasteiger partial charge is 0.251 e. The van der Waals surface area contributed by atoms with Gasteiger partial charge in [0.2, 0.25) is 0 Å². The summed E-state index contributed by atoms with van der Waals surface area (Å²) in [5.74, 6) is 0.443. The van der Waals surface area contributed by atoms with Gasteiger partial charge >= 0.3 is 0 Å². The second-order valence-corrected chi connectivity index (χ2v) is 8.51. The van der Waals surface area contributed by atoms with Crippen molar-refractivity contribution in [1.82, 2.24) is 4.57 Å². The van der Waals surface area contributed by atoms with Crippen LogP contribution in [0.1, 0.15) is 80.0 Å². The molecule has 3 rings (SSSR count). The third kappa shape index (κ3) is 4.06. The van der Waals surface area contributed by atoms with Crippen molar-refractivity contribution in [3.05, 3.63) is 33.8 Å². The number of carbonyl (C=O) groups excluding carboxylic acids is 1. The van der Waals surface area contributed by atoms with Crippen molar-refractivity contribution >= 4 is 17.2 Å². The highest BCUT2D eigenvalue weighted by Gasteiger charge is 2.26. The lowest BCUT2D eigenvalue weighted by atomic mass is 9.89. The van der Waals surface area contributed by atoms with Crippen molar-refractivity contribution in [3.8, 4) is 11.1 Å². The molecule has 1 aliphatic rings. The minimum absolute atomic E-state index is 0.289. The Bertz CT molecular complexity index is 724. The van der Waals surface area contributed by atoms with E-state index in [0.29, 0.717) is 0 Å². The van der Waals surface area contributed by atoms with Gasteiger partial charge in [-0.25, -0.2) is 0 Å². The number of primary amides is 1. The molecule has 2 heterocycles. The van der Waals surface area contributed by atoms with E-state index in [9.17, 15) is 4.79 Å². The molecule has 0 unspecified atom stereocenters. The summed E-state index contributed by atoms with van der Waals surface area (Å²) in [6.07, 6.45) is 11.3. The Hall–Kier alpha value is -1.55. The van der Waals surface area contributed by atoms with E-state index >= 15 is 0 Å². The number of aromatic nitrogens is 1. The van der Waals surface area contributed by atoms with Crippen molar-refractivity contribution in [2.24, 2.45) is 11.7 Å². The van der Waals surface area contributed by atoms with Crippen LogP contribution in [0.3, 0.4) is 0 Å². The number of amides is 1. The maximum atomic E-state index is 12.3. The van der Waals surface area contributed by atoms with Crippen LogP contribution in [-0.4, -0.2) is 10.5 Å². The lowest BCUT2D eigenvalue weighted by molar-refractivity contribution is 0.1000. The molecule has 1 saturated carbocycles. The molecule has 26 heavy (non-hydrogen) atoms. The van der Waals surface area contributed by atoms with Gasteiger partial charge in [0.25, 0.3) is 5.91 Å². The molecule has 1 aliphatic carbocycles. The number of unbranched alkanes of at least 4 members (excludes halogenated alkanes) is 2. The molecule has 0 spiro atoms. The molecule has 3 nitrogen and oxygen atoms in total. The van der Waals surface area contributed by atoms with Crippen molar-refractivity contribution in [2.45, 2.75) is 78.2 Å². The Morgan fingerprint density at radius 1 is 1.27 bits per heavy atom. The summed E-state index contributed by atoms with van der Waals surface area (Å²) in [4.78, 5) is 12.3. The van der Waals surface area contributed by atoms with Gasteiger partial charge in [0.05, 0.1) is 5.56 Å². The average Bonchev–Trinajstić information content (AvgIpc) is 3.24. The third-order valence-electron chi connectivity index (χ3n) is 5.87. The molecule has 0 atom stereocenters. The number of carbonyl (C=O) groups is 1. The summed E-state index contributed by atoms with van der Waals surface area (Å²) < 4.78 is 2.44. The van der Waals surface area contributed by atoms with E-state index in [2.05, 4.69) is 35.2 Å². The van der Waals surface area contributed by atoms with E-state index in [1.54, 1.807) is 11.3 Å². The van der Waals surface area contributed by atoms with Gasteiger partial charge in [-0.1, -0.05) is 39.0 Å². The van der Waals surface area contributed by atoms with Crippen LogP contribution in [-0.2, 0) is 13.0 Å². The second kappa shape index (κ2) is 8.90. The maximum absolute atomic E-state index is 12.3. The van der Waals surface area contributed by atoms with Crippen molar-refractivity contribution < 1.29 is 4.79 Å². The van der Waals surface area contributed by atoms with Crippen LogP contribution in [0.4, 0.5) is 0 Å². The lowest BCUT2D eigenvalue weighted by Crippen LogP contribution is -2.18. The first-order chi connectivity index (χ1) is 12.6. The molecule has 2 N–H and O–H groups in total. The van der Waals surface area contributed by atoms with E-state index in [1.807, 2.05) is 0 Å². The molecule has 0 radical (unpaired) electrons. The summed E-state index contributed by atoms with van der Waals surface area (Å²) in [6, 6.07) is 2.13. The molecule has 0 aliphatic heterocycles. The fraction of sp³-hybridized carbons (Fsp3) is 0.591. The van der Waals surface area contributed by atoms with Crippen LogP contribution in [0.25, 0.3) is 11.1 Å². The van der Waals surface area contributed by atoms with Gasteiger partial charge in [0, 0.05) is 23.5 Å². The van der Waals surface area contributed by atoms with Gasteiger partial charge in [0.1, 0.15) is 0 Å². The highest BCUT2D eigenvalue weighted by molar-refractivity contribution is 7.08. The summed E-state index contributed by atoms with van der Waals surface area (Å²) >= 11 is 1.68. The maximum Gasteiger partial charge on any atom is 0.251 e. The summed E-state index contributed by atoms with van der Waals surface area (Å²) in [5.41, 5.74) is 11.2. The summed E-state index contributed by atoms with van der Waals surface area (Å²) in [6.45, 7) is 5.36. The van der Waals surface area contributed by atoms with Crippen LogP contribution >= 0.6 is 11.3 Å². The molecule has 2 aromatic heterocycles. The SMILES string of the molecule is CCCCCc1c(-c2ccsc2)c(C(N)=O)c(C)n1CC1CCCCC1. The van der Waals surface area contributed by atoms with Crippen LogP contribution in [0.2, 0.25) is 0 Å². The highest BCUT2D eigenvalue weighted by atomic mass is 32.1. The Labute approximate surface area is 161 Å². The molecule has 4 heteroatoms. The van der Waals surface area contributed by atoms with Crippen LogP contribution in [0, 0.1) is 12.8 Å². The van der Waals surface area contributed by atoms with E-state index in [4.69, 9.17) is 5.73 Å². The predicted molar refractivity (Wildman–Crippen MR) is 111 cm³/mol. The van der Waals surface area contributed by atoms with Gasteiger partial charge in [-0.15, -0.1) is 0 Å². The molecule has 0 bridgehead atoms. The first kappa shape index (κ1) is 19.2. The molecule has 2 aromatic rings. The van der Waals surface area contributed by atoms with Gasteiger partial charge in [-0.05, 0) is 60.9 Å².